The average molecular weight is 359 g/mol. The van der Waals surface area contributed by atoms with Crippen molar-refractivity contribution in [2.45, 2.75) is 65.1 Å². The summed E-state index contributed by atoms with van der Waals surface area (Å²) >= 11 is 0. The van der Waals surface area contributed by atoms with Gasteiger partial charge in [0.2, 0.25) is 17.7 Å². The van der Waals surface area contributed by atoms with E-state index < -0.39 is 6.04 Å². The standard InChI is InChI=1S/C20H29N3O3/c1-13(19(26)22-20(3,4)5)21-18(25)12-17-16-9-7-6-8-15(16)10-11-23(17)14(2)24/h6-9,13,17H,10-12H2,1-5H3,(H,21,25)(H,22,26). The van der Waals surface area contributed by atoms with E-state index in [-0.39, 0.29) is 35.7 Å². The lowest BCUT2D eigenvalue weighted by Crippen LogP contribution is -2.51. The van der Waals surface area contributed by atoms with Crippen LogP contribution in [0.5, 0.6) is 0 Å². The van der Waals surface area contributed by atoms with Crippen molar-refractivity contribution in [3.63, 3.8) is 0 Å². The van der Waals surface area contributed by atoms with Crippen LogP contribution >= 0.6 is 0 Å². The fourth-order valence-electron chi connectivity index (χ4n) is 3.27. The fourth-order valence-corrected chi connectivity index (χ4v) is 3.27. The van der Waals surface area contributed by atoms with Crippen molar-refractivity contribution in [1.29, 1.82) is 0 Å². The molecule has 2 atom stereocenters. The molecular formula is C20H29N3O3. The zero-order chi connectivity index (χ0) is 19.5. The molecule has 0 radical (unpaired) electrons. The second-order valence-electron chi connectivity index (χ2n) is 7.91. The molecule has 0 fully saturated rings. The second-order valence-corrected chi connectivity index (χ2v) is 7.91. The van der Waals surface area contributed by atoms with E-state index in [0.29, 0.717) is 6.54 Å². The van der Waals surface area contributed by atoms with Gasteiger partial charge < -0.3 is 15.5 Å². The number of nitrogens with zero attached hydrogens (tertiary/aromatic N) is 1. The topological polar surface area (TPSA) is 78.5 Å². The van der Waals surface area contributed by atoms with Gasteiger partial charge in [0.05, 0.1) is 12.5 Å². The molecule has 1 aliphatic heterocycles. The van der Waals surface area contributed by atoms with Crippen LogP contribution in [0.3, 0.4) is 0 Å². The highest BCUT2D eigenvalue weighted by atomic mass is 16.2. The highest BCUT2D eigenvalue weighted by molar-refractivity contribution is 5.88. The number of amides is 3. The van der Waals surface area contributed by atoms with Gasteiger partial charge >= 0.3 is 0 Å². The molecule has 2 N–H and O–H groups in total. The smallest absolute Gasteiger partial charge is 0.242 e. The highest BCUT2D eigenvalue weighted by Gasteiger charge is 2.31. The average Bonchev–Trinajstić information content (AvgIpc) is 2.53. The van der Waals surface area contributed by atoms with Gasteiger partial charge in [0, 0.05) is 19.0 Å². The summed E-state index contributed by atoms with van der Waals surface area (Å²) in [5.41, 5.74) is 1.82. The van der Waals surface area contributed by atoms with E-state index >= 15 is 0 Å². The van der Waals surface area contributed by atoms with Gasteiger partial charge in [0.1, 0.15) is 6.04 Å². The number of hydrogen-bond donors (Lipinski definition) is 2. The van der Waals surface area contributed by atoms with Crippen molar-refractivity contribution in [2.24, 2.45) is 0 Å². The monoisotopic (exact) mass is 359 g/mol. The lowest BCUT2D eigenvalue weighted by Gasteiger charge is -2.36. The number of rotatable bonds is 4. The van der Waals surface area contributed by atoms with E-state index in [1.165, 1.54) is 12.5 Å². The van der Waals surface area contributed by atoms with Crippen molar-refractivity contribution in [3.8, 4) is 0 Å². The number of fused-ring (bicyclic) bond motifs is 1. The molecule has 6 heteroatoms. The minimum Gasteiger partial charge on any atom is -0.350 e. The summed E-state index contributed by atoms with van der Waals surface area (Å²) < 4.78 is 0. The lowest BCUT2D eigenvalue weighted by atomic mass is 9.90. The molecule has 1 heterocycles. The molecule has 0 aromatic heterocycles. The van der Waals surface area contributed by atoms with Crippen LogP contribution in [0, 0.1) is 0 Å². The summed E-state index contributed by atoms with van der Waals surface area (Å²) in [7, 11) is 0. The van der Waals surface area contributed by atoms with Gasteiger partial charge in [-0.25, -0.2) is 0 Å². The molecular weight excluding hydrogens is 330 g/mol. The van der Waals surface area contributed by atoms with Crippen molar-refractivity contribution in [1.82, 2.24) is 15.5 Å². The number of nitrogens with one attached hydrogen (secondary N) is 2. The Hall–Kier alpha value is -2.37. The molecule has 0 saturated heterocycles. The van der Waals surface area contributed by atoms with E-state index in [4.69, 9.17) is 0 Å². The maximum absolute atomic E-state index is 12.5. The Morgan fingerprint density at radius 1 is 1.23 bits per heavy atom. The van der Waals surface area contributed by atoms with E-state index in [9.17, 15) is 14.4 Å². The Balaban J connectivity index is 2.08. The Labute approximate surface area is 155 Å². The van der Waals surface area contributed by atoms with Crippen molar-refractivity contribution in [2.75, 3.05) is 6.54 Å². The summed E-state index contributed by atoms with van der Waals surface area (Å²) in [5, 5.41) is 5.60. The third-order valence-corrected chi connectivity index (χ3v) is 4.46. The summed E-state index contributed by atoms with van der Waals surface area (Å²) in [6.07, 6.45) is 0.933. The highest BCUT2D eigenvalue weighted by Crippen LogP contribution is 2.32. The molecule has 0 aliphatic carbocycles. The molecule has 1 aromatic rings. The van der Waals surface area contributed by atoms with Crippen LogP contribution in [0.2, 0.25) is 0 Å². The third kappa shape index (κ3) is 5.07. The second kappa shape index (κ2) is 7.89. The summed E-state index contributed by atoms with van der Waals surface area (Å²) in [5.74, 6) is -0.511. The van der Waals surface area contributed by atoms with Gasteiger partial charge in [-0.05, 0) is 45.2 Å². The molecule has 1 aliphatic rings. The number of carbonyl (C=O) groups is 3. The quantitative estimate of drug-likeness (QED) is 0.862. The van der Waals surface area contributed by atoms with Crippen LogP contribution < -0.4 is 10.6 Å². The minimum absolute atomic E-state index is 0.0455. The first-order chi connectivity index (χ1) is 12.1. The van der Waals surface area contributed by atoms with Crippen molar-refractivity contribution < 1.29 is 14.4 Å². The maximum atomic E-state index is 12.5. The summed E-state index contributed by atoms with van der Waals surface area (Å²) in [6, 6.07) is 6.97. The van der Waals surface area contributed by atoms with E-state index in [0.717, 1.165) is 12.0 Å². The van der Waals surface area contributed by atoms with Crippen LogP contribution in [0.15, 0.2) is 24.3 Å². The van der Waals surface area contributed by atoms with Crippen molar-refractivity contribution >= 4 is 17.7 Å². The molecule has 1 aromatic carbocycles. The minimum atomic E-state index is -0.633. The number of carbonyl (C=O) groups excluding carboxylic acids is 3. The molecule has 0 spiro atoms. The molecule has 0 saturated carbocycles. The molecule has 6 nitrogen and oxygen atoms in total. The molecule has 0 bridgehead atoms. The van der Waals surface area contributed by atoms with Gasteiger partial charge in [-0.2, -0.15) is 0 Å². The van der Waals surface area contributed by atoms with Crippen LogP contribution in [-0.2, 0) is 20.8 Å². The molecule has 142 valence electrons. The van der Waals surface area contributed by atoms with Gasteiger partial charge in [-0.15, -0.1) is 0 Å². The Kier molecular flexibility index (Phi) is 6.05. The first-order valence-electron chi connectivity index (χ1n) is 9.05. The molecule has 2 rings (SSSR count). The number of hydrogen-bond acceptors (Lipinski definition) is 3. The molecule has 26 heavy (non-hydrogen) atoms. The van der Waals surface area contributed by atoms with Gasteiger partial charge in [0.15, 0.2) is 0 Å². The predicted octanol–water partition coefficient (Wildman–Crippen LogP) is 1.94. The summed E-state index contributed by atoms with van der Waals surface area (Å²) in [4.78, 5) is 38.5. The number of benzene rings is 1. The largest absolute Gasteiger partial charge is 0.350 e. The first-order valence-corrected chi connectivity index (χ1v) is 9.05. The SMILES string of the molecule is CC(=O)N1CCc2ccccc2C1CC(=O)NC(C)C(=O)NC(C)(C)C. The molecule has 2 unspecified atom stereocenters. The summed E-state index contributed by atoms with van der Waals surface area (Å²) in [6.45, 7) is 9.47. The normalized spacial score (nSPS) is 17.9. The fraction of sp³-hybridized carbons (Fsp3) is 0.550. The van der Waals surface area contributed by atoms with E-state index in [1.807, 2.05) is 45.0 Å². The van der Waals surface area contributed by atoms with Crippen LogP contribution in [0.1, 0.15) is 58.2 Å². The first kappa shape index (κ1) is 19.9. The van der Waals surface area contributed by atoms with Crippen LogP contribution in [0.25, 0.3) is 0 Å². The zero-order valence-electron chi connectivity index (χ0n) is 16.3. The Morgan fingerprint density at radius 2 is 1.88 bits per heavy atom. The van der Waals surface area contributed by atoms with Crippen molar-refractivity contribution in [3.05, 3.63) is 35.4 Å². The zero-order valence-corrected chi connectivity index (χ0v) is 16.3. The van der Waals surface area contributed by atoms with Crippen LogP contribution in [-0.4, -0.2) is 40.7 Å². The van der Waals surface area contributed by atoms with Gasteiger partial charge in [0.25, 0.3) is 0 Å². The van der Waals surface area contributed by atoms with Crippen LogP contribution in [0.4, 0.5) is 0 Å². The van der Waals surface area contributed by atoms with E-state index in [2.05, 4.69) is 10.6 Å². The van der Waals surface area contributed by atoms with Gasteiger partial charge in [-0.1, -0.05) is 24.3 Å². The lowest BCUT2D eigenvalue weighted by molar-refractivity contribution is -0.134. The van der Waals surface area contributed by atoms with E-state index in [1.54, 1.807) is 11.8 Å². The molecule has 3 amide bonds. The Morgan fingerprint density at radius 3 is 2.50 bits per heavy atom. The third-order valence-electron chi connectivity index (χ3n) is 4.46. The predicted molar refractivity (Wildman–Crippen MR) is 100 cm³/mol. The maximum Gasteiger partial charge on any atom is 0.242 e. The van der Waals surface area contributed by atoms with Gasteiger partial charge in [-0.3, -0.25) is 14.4 Å². The Bertz CT molecular complexity index is 694.